The van der Waals surface area contributed by atoms with Gasteiger partial charge in [0.15, 0.2) is 5.82 Å². The van der Waals surface area contributed by atoms with Crippen molar-refractivity contribution in [2.45, 2.75) is 19.9 Å². The zero-order valence-electron chi connectivity index (χ0n) is 28.0. The largest absolute Gasteiger partial charge is 0.480 e. The molecule has 14 heteroatoms. The SMILES string of the molecule is Cc1nn(CC(=O)O)cc1-c1ccc(-c2cnc(C(=O)Nc3ccc(C(=O)N4CCN(C(=O)C5CC[N+](C)(C)C5)CC4)c(Cl)c3)n2C)cc1. The first-order valence-electron chi connectivity index (χ1n) is 16.2. The van der Waals surface area contributed by atoms with Crippen molar-refractivity contribution in [3.05, 3.63) is 77.0 Å². The highest BCUT2D eigenvalue weighted by Gasteiger charge is 2.38. The number of likely N-dealkylation sites (tertiary alicyclic amines) is 1. The van der Waals surface area contributed by atoms with Gasteiger partial charge in [0.05, 0.1) is 61.3 Å². The highest BCUT2D eigenvalue weighted by Crippen LogP contribution is 2.28. The van der Waals surface area contributed by atoms with Crippen LogP contribution in [0, 0.1) is 12.8 Å². The number of aromatic nitrogens is 4. The Bertz CT molecular complexity index is 1920. The first-order valence-corrected chi connectivity index (χ1v) is 16.6. The summed E-state index contributed by atoms with van der Waals surface area (Å²) in [6.07, 6.45) is 4.23. The molecule has 13 nitrogen and oxygen atoms in total. The van der Waals surface area contributed by atoms with Crippen molar-refractivity contribution in [1.29, 1.82) is 0 Å². The molecule has 4 heterocycles. The second-order valence-corrected chi connectivity index (χ2v) is 13.8. The summed E-state index contributed by atoms with van der Waals surface area (Å²) in [5.41, 5.74) is 4.76. The molecule has 1 atom stereocenters. The van der Waals surface area contributed by atoms with Gasteiger partial charge in [-0.1, -0.05) is 35.9 Å². The molecule has 2 aliphatic rings. The Morgan fingerprint density at radius 1 is 1.00 bits per heavy atom. The number of hydrogen-bond acceptors (Lipinski definition) is 6. The summed E-state index contributed by atoms with van der Waals surface area (Å²) < 4.78 is 3.95. The first kappa shape index (κ1) is 33.9. The molecule has 0 bridgehead atoms. The molecule has 2 saturated heterocycles. The Morgan fingerprint density at radius 2 is 1.67 bits per heavy atom. The molecule has 256 valence electrons. The predicted molar refractivity (Wildman–Crippen MR) is 184 cm³/mol. The molecule has 0 saturated carbocycles. The van der Waals surface area contributed by atoms with E-state index in [2.05, 4.69) is 29.5 Å². The molecular weight excluding hydrogens is 648 g/mol. The van der Waals surface area contributed by atoms with Crippen LogP contribution in [0.5, 0.6) is 0 Å². The number of anilines is 1. The highest BCUT2D eigenvalue weighted by molar-refractivity contribution is 6.34. The molecule has 0 aliphatic carbocycles. The Hall–Kier alpha value is -5.01. The minimum absolute atomic E-state index is 0.0412. The smallest absolute Gasteiger partial charge is 0.325 e. The summed E-state index contributed by atoms with van der Waals surface area (Å²) in [5.74, 6) is -1.20. The fourth-order valence-corrected chi connectivity index (χ4v) is 6.99. The van der Waals surface area contributed by atoms with Crippen LogP contribution in [-0.2, 0) is 23.2 Å². The van der Waals surface area contributed by atoms with Crippen LogP contribution in [0.4, 0.5) is 5.69 Å². The lowest BCUT2D eigenvalue weighted by Crippen LogP contribution is -2.52. The van der Waals surface area contributed by atoms with Crippen LogP contribution in [0.1, 0.15) is 33.1 Å². The van der Waals surface area contributed by atoms with Crippen LogP contribution in [-0.4, -0.2) is 116 Å². The minimum atomic E-state index is -0.964. The lowest BCUT2D eigenvalue weighted by Gasteiger charge is -2.36. The van der Waals surface area contributed by atoms with Crippen molar-refractivity contribution in [1.82, 2.24) is 29.1 Å². The zero-order valence-corrected chi connectivity index (χ0v) is 28.8. The van der Waals surface area contributed by atoms with E-state index >= 15 is 0 Å². The predicted octanol–water partition coefficient (Wildman–Crippen LogP) is 3.63. The molecule has 2 aromatic carbocycles. The summed E-state index contributed by atoms with van der Waals surface area (Å²) in [7, 11) is 6.05. The van der Waals surface area contributed by atoms with E-state index in [1.165, 1.54) is 4.68 Å². The lowest BCUT2D eigenvalue weighted by molar-refractivity contribution is -0.878. The van der Waals surface area contributed by atoms with E-state index in [4.69, 9.17) is 16.7 Å². The van der Waals surface area contributed by atoms with E-state index in [9.17, 15) is 19.2 Å². The molecular formula is C35H40ClN8O5+. The Kier molecular flexibility index (Phi) is 9.32. The quantitative estimate of drug-likeness (QED) is 0.270. The van der Waals surface area contributed by atoms with Gasteiger partial charge < -0.3 is 29.3 Å². The van der Waals surface area contributed by atoms with Gasteiger partial charge in [-0.25, -0.2) is 4.98 Å². The third-order valence-electron chi connectivity index (χ3n) is 9.41. The number of aryl methyl sites for hydroxylation is 1. The van der Waals surface area contributed by atoms with E-state index in [-0.39, 0.29) is 35.1 Å². The third kappa shape index (κ3) is 7.22. The molecule has 2 N–H and O–H groups in total. The van der Waals surface area contributed by atoms with E-state index < -0.39 is 11.9 Å². The molecule has 4 aromatic rings. The number of halogens is 1. The number of nitrogens with zero attached hydrogens (tertiary/aromatic N) is 7. The van der Waals surface area contributed by atoms with Crippen molar-refractivity contribution in [2.75, 3.05) is 58.7 Å². The van der Waals surface area contributed by atoms with Gasteiger partial charge in [0.2, 0.25) is 5.91 Å². The van der Waals surface area contributed by atoms with E-state index in [1.54, 1.807) is 47.1 Å². The maximum atomic E-state index is 13.3. The molecule has 2 aliphatic heterocycles. The van der Waals surface area contributed by atoms with Crippen LogP contribution >= 0.6 is 11.6 Å². The molecule has 1 unspecified atom stereocenters. The molecule has 2 aromatic heterocycles. The van der Waals surface area contributed by atoms with Crippen LogP contribution in [0.3, 0.4) is 0 Å². The topological polar surface area (TPSA) is 143 Å². The molecule has 0 radical (unpaired) electrons. The first-order chi connectivity index (χ1) is 23.3. The van der Waals surface area contributed by atoms with Gasteiger partial charge in [-0.3, -0.25) is 23.9 Å². The number of amides is 3. The number of carbonyl (C=O) groups excluding carboxylic acids is 3. The molecule has 6 rings (SSSR count). The summed E-state index contributed by atoms with van der Waals surface area (Å²) >= 11 is 6.55. The van der Waals surface area contributed by atoms with E-state index in [0.717, 1.165) is 52.1 Å². The number of quaternary nitrogens is 1. The van der Waals surface area contributed by atoms with Crippen molar-refractivity contribution in [3.63, 3.8) is 0 Å². The maximum Gasteiger partial charge on any atom is 0.325 e. The lowest BCUT2D eigenvalue weighted by atomic mass is 10.0. The van der Waals surface area contributed by atoms with Gasteiger partial charge in [0.25, 0.3) is 11.8 Å². The van der Waals surface area contributed by atoms with Gasteiger partial charge in [-0.2, -0.15) is 5.10 Å². The summed E-state index contributed by atoms with van der Waals surface area (Å²) in [6, 6.07) is 12.4. The van der Waals surface area contributed by atoms with E-state index in [1.807, 2.05) is 36.1 Å². The summed E-state index contributed by atoms with van der Waals surface area (Å²) in [5, 5.41) is 16.4. The van der Waals surface area contributed by atoms with Gasteiger partial charge in [-0.05, 0) is 36.2 Å². The van der Waals surface area contributed by atoms with Gasteiger partial charge in [-0.15, -0.1) is 0 Å². The number of carbonyl (C=O) groups is 4. The Morgan fingerprint density at radius 3 is 2.31 bits per heavy atom. The number of piperazine rings is 1. The van der Waals surface area contributed by atoms with Crippen LogP contribution < -0.4 is 5.32 Å². The fraction of sp³-hybridized carbons (Fsp3) is 0.371. The number of imidazole rings is 1. The number of rotatable bonds is 8. The average molecular weight is 688 g/mol. The number of carboxylic acid groups (broad SMARTS) is 1. The van der Waals surface area contributed by atoms with Crippen molar-refractivity contribution >= 4 is 41.0 Å². The number of hydrogen-bond donors (Lipinski definition) is 2. The van der Waals surface area contributed by atoms with Crippen molar-refractivity contribution in [3.8, 4) is 22.4 Å². The van der Waals surface area contributed by atoms with Gasteiger partial charge >= 0.3 is 5.97 Å². The van der Waals surface area contributed by atoms with Crippen molar-refractivity contribution < 1.29 is 28.8 Å². The van der Waals surface area contributed by atoms with E-state index in [0.29, 0.717) is 37.4 Å². The number of aliphatic carboxylic acids is 1. The molecule has 0 spiro atoms. The summed E-state index contributed by atoms with van der Waals surface area (Å²) in [6.45, 7) is 5.32. The number of carboxylic acids is 1. The molecule has 49 heavy (non-hydrogen) atoms. The van der Waals surface area contributed by atoms with Crippen molar-refractivity contribution in [2.24, 2.45) is 13.0 Å². The minimum Gasteiger partial charge on any atom is -0.480 e. The van der Waals surface area contributed by atoms with Gasteiger partial charge in [0, 0.05) is 57.1 Å². The normalized spacial score (nSPS) is 17.3. The fourth-order valence-electron chi connectivity index (χ4n) is 6.73. The Balaban J connectivity index is 1.06. The second kappa shape index (κ2) is 13.5. The van der Waals surface area contributed by atoms with Crippen LogP contribution in [0.2, 0.25) is 5.02 Å². The number of benzene rings is 2. The van der Waals surface area contributed by atoms with Crippen LogP contribution in [0.25, 0.3) is 22.4 Å². The zero-order chi connectivity index (χ0) is 35.0. The average Bonchev–Trinajstić information content (AvgIpc) is 3.75. The monoisotopic (exact) mass is 687 g/mol. The second-order valence-electron chi connectivity index (χ2n) is 13.4. The standard InChI is InChI=1S/C35H39ClN8O5/c1-22-28(19-43(39-22)20-31(45)46)23-5-7-24(8-6-23)30-18-37-32(40(30)2)33(47)38-26-9-10-27(29(36)17-26)35(49)42-14-12-41(13-15-42)34(48)25-11-16-44(3,4)21-25/h5-10,17-19,25H,11-16,20-21H2,1-4H3,(H-,38,45,46,47,49)/p+1. The Labute approximate surface area is 289 Å². The third-order valence-corrected chi connectivity index (χ3v) is 9.72. The molecule has 3 amide bonds. The highest BCUT2D eigenvalue weighted by atomic mass is 35.5. The number of nitrogens with one attached hydrogen (secondary N) is 1. The van der Waals surface area contributed by atoms with Crippen LogP contribution in [0.15, 0.2) is 54.9 Å². The maximum absolute atomic E-state index is 13.3. The summed E-state index contributed by atoms with van der Waals surface area (Å²) in [4.78, 5) is 58.6. The molecule has 2 fully saturated rings. The van der Waals surface area contributed by atoms with Gasteiger partial charge in [0.1, 0.15) is 6.54 Å².